The predicted molar refractivity (Wildman–Crippen MR) is 325 cm³/mol. The molecule has 2 atom stereocenters. The van der Waals surface area contributed by atoms with Crippen LogP contribution in [-0.2, 0) is 32.7 Å². The molecule has 0 saturated heterocycles. The highest BCUT2D eigenvalue weighted by Crippen LogP contribution is 2.43. The molecule has 0 heterocycles. The summed E-state index contributed by atoms with van der Waals surface area (Å²) in [5.74, 6) is -0.816. The minimum Gasteiger partial charge on any atom is -0.462 e. The zero-order chi connectivity index (χ0) is 55.2. The molecule has 0 amide bonds. The van der Waals surface area contributed by atoms with Crippen LogP contribution in [0, 0.1) is 0 Å². The van der Waals surface area contributed by atoms with Crippen molar-refractivity contribution in [2.75, 3.05) is 26.4 Å². The fraction of sp³-hybridized carbons (Fsp3) is 0.758. The number of nitrogens with two attached hydrogens (primary N) is 1. The molecule has 0 aromatic heterocycles. The number of phosphoric acid groups is 1. The lowest BCUT2D eigenvalue weighted by atomic mass is 10.0. The van der Waals surface area contributed by atoms with Gasteiger partial charge in [-0.25, -0.2) is 4.57 Å². The molecule has 0 spiro atoms. The number of allylic oxidation sites excluding steroid dienone is 14. The number of unbranched alkanes of at least 4 members (excludes halogenated alkanes) is 32. The summed E-state index contributed by atoms with van der Waals surface area (Å²) in [4.78, 5) is 35.2. The van der Waals surface area contributed by atoms with Gasteiger partial charge in [-0.3, -0.25) is 18.6 Å². The van der Waals surface area contributed by atoms with Gasteiger partial charge in [0.05, 0.1) is 13.2 Å². The number of hydrogen-bond acceptors (Lipinski definition) is 8. The van der Waals surface area contributed by atoms with E-state index in [-0.39, 0.29) is 38.6 Å². The molecule has 0 saturated carbocycles. The van der Waals surface area contributed by atoms with Crippen molar-refractivity contribution in [1.29, 1.82) is 0 Å². The van der Waals surface area contributed by atoms with E-state index in [0.717, 1.165) is 83.5 Å². The quantitative estimate of drug-likeness (QED) is 0.0264. The van der Waals surface area contributed by atoms with Crippen LogP contribution in [0.3, 0.4) is 0 Å². The number of rotatable bonds is 59. The Morgan fingerprint density at radius 2 is 0.724 bits per heavy atom. The third-order valence-corrected chi connectivity index (χ3v) is 14.5. The summed E-state index contributed by atoms with van der Waals surface area (Å²) in [6.07, 6.45) is 80.9. The molecule has 0 aromatic carbocycles. The molecule has 3 N–H and O–H groups in total. The molecular formula is C66H118NO8P. The van der Waals surface area contributed by atoms with Crippen molar-refractivity contribution in [3.63, 3.8) is 0 Å². The Bertz CT molecular complexity index is 1520. The summed E-state index contributed by atoms with van der Waals surface area (Å²) < 4.78 is 33.1. The fourth-order valence-electron chi connectivity index (χ4n) is 8.91. The van der Waals surface area contributed by atoms with Crippen LogP contribution in [0.2, 0.25) is 0 Å². The van der Waals surface area contributed by atoms with E-state index in [4.69, 9.17) is 24.3 Å². The second kappa shape index (κ2) is 61.4. The summed E-state index contributed by atoms with van der Waals surface area (Å²) in [7, 11) is -4.39. The second-order valence-corrected chi connectivity index (χ2v) is 22.4. The molecule has 0 aromatic rings. The van der Waals surface area contributed by atoms with Gasteiger partial charge in [0.25, 0.3) is 0 Å². The Kier molecular flexibility index (Phi) is 59.1. The molecular weight excluding hydrogens is 966 g/mol. The van der Waals surface area contributed by atoms with Gasteiger partial charge in [-0.2, -0.15) is 0 Å². The first-order valence-corrected chi connectivity index (χ1v) is 33.1. The standard InChI is InChI=1S/C66H118NO8P/c1-3-5-7-9-11-13-15-17-19-21-22-23-24-25-26-27-28-29-30-31-32-33-34-35-36-37-38-39-40-41-42-43-45-47-49-51-53-55-57-59-66(69)75-64(63-74-76(70,71)73-61-60-67)62-72-65(68)58-56-54-52-50-48-46-44-20-18-16-14-12-10-8-6-4-2/h5,7,11,13,17,19,22-23,25-26,28-29,31-32,64H,3-4,6,8-10,12,14-16,18,20-21,24,27,30,33-63,67H2,1-2H3,(H,70,71)/b7-5-,13-11-,19-17-,23-22-,26-25-,29-28-,32-31-. The summed E-state index contributed by atoms with van der Waals surface area (Å²) >= 11 is 0. The van der Waals surface area contributed by atoms with E-state index in [2.05, 4.69) is 98.9 Å². The smallest absolute Gasteiger partial charge is 0.462 e. The van der Waals surface area contributed by atoms with Gasteiger partial charge in [-0.15, -0.1) is 0 Å². The molecule has 0 fully saturated rings. The van der Waals surface area contributed by atoms with E-state index in [9.17, 15) is 19.0 Å². The van der Waals surface area contributed by atoms with Crippen LogP contribution in [-0.4, -0.2) is 49.3 Å². The van der Waals surface area contributed by atoms with Crippen molar-refractivity contribution in [3.05, 3.63) is 85.1 Å². The van der Waals surface area contributed by atoms with Crippen molar-refractivity contribution in [1.82, 2.24) is 0 Å². The van der Waals surface area contributed by atoms with Crippen LogP contribution >= 0.6 is 7.82 Å². The molecule has 2 unspecified atom stereocenters. The van der Waals surface area contributed by atoms with Crippen LogP contribution in [0.1, 0.15) is 290 Å². The minimum atomic E-state index is -4.39. The Hall–Kier alpha value is -2.81. The van der Waals surface area contributed by atoms with Crippen molar-refractivity contribution in [2.24, 2.45) is 5.73 Å². The molecule has 440 valence electrons. The van der Waals surface area contributed by atoms with E-state index in [1.54, 1.807) is 0 Å². The van der Waals surface area contributed by atoms with E-state index in [0.29, 0.717) is 6.42 Å². The highest BCUT2D eigenvalue weighted by atomic mass is 31.2. The molecule has 76 heavy (non-hydrogen) atoms. The molecule has 0 aliphatic heterocycles. The maximum absolute atomic E-state index is 12.7. The molecule has 0 aliphatic carbocycles. The van der Waals surface area contributed by atoms with E-state index in [1.807, 2.05) is 0 Å². The third-order valence-electron chi connectivity index (χ3n) is 13.5. The lowest BCUT2D eigenvalue weighted by molar-refractivity contribution is -0.161. The lowest BCUT2D eigenvalue weighted by Gasteiger charge is -2.19. The first-order valence-electron chi connectivity index (χ1n) is 31.6. The molecule has 0 aliphatic rings. The largest absolute Gasteiger partial charge is 0.472 e. The first kappa shape index (κ1) is 73.2. The molecule has 0 radical (unpaired) electrons. The van der Waals surface area contributed by atoms with Crippen molar-refractivity contribution in [2.45, 2.75) is 296 Å². The summed E-state index contributed by atoms with van der Waals surface area (Å²) in [6, 6.07) is 0. The average Bonchev–Trinajstić information content (AvgIpc) is 3.41. The number of carbonyl (C=O) groups excluding carboxylic acids is 2. The molecule has 0 bridgehead atoms. The Labute approximate surface area is 468 Å². The first-order chi connectivity index (χ1) is 37.3. The molecule has 9 nitrogen and oxygen atoms in total. The van der Waals surface area contributed by atoms with Gasteiger partial charge in [0, 0.05) is 19.4 Å². The van der Waals surface area contributed by atoms with Crippen LogP contribution in [0.15, 0.2) is 85.1 Å². The molecule has 10 heteroatoms. The monoisotopic (exact) mass is 1080 g/mol. The van der Waals surface area contributed by atoms with Crippen molar-refractivity contribution >= 4 is 19.8 Å². The van der Waals surface area contributed by atoms with Gasteiger partial charge in [-0.1, -0.05) is 292 Å². The number of esters is 2. The van der Waals surface area contributed by atoms with Crippen LogP contribution in [0.5, 0.6) is 0 Å². The summed E-state index contributed by atoms with van der Waals surface area (Å²) in [5, 5.41) is 0. The normalized spacial score (nSPS) is 13.6. The zero-order valence-corrected chi connectivity index (χ0v) is 50.1. The Balaban J connectivity index is 3.84. The van der Waals surface area contributed by atoms with E-state index < -0.39 is 26.5 Å². The van der Waals surface area contributed by atoms with Crippen LogP contribution in [0.4, 0.5) is 0 Å². The summed E-state index contributed by atoms with van der Waals surface area (Å²) in [6.45, 7) is 3.66. The maximum Gasteiger partial charge on any atom is 0.472 e. The van der Waals surface area contributed by atoms with Gasteiger partial charge in [0.2, 0.25) is 0 Å². The van der Waals surface area contributed by atoms with E-state index >= 15 is 0 Å². The fourth-order valence-corrected chi connectivity index (χ4v) is 9.68. The highest BCUT2D eigenvalue weighted by Gasteiger charge is 2.26. The SMILES string of the molecule is CC/C=C\C/C=C\C/C=C\C/C=C\C/C=C\C/C=C\C/C=C\CCCCCCCCCCCCCCCCCCCC(=O)OC(COC(=O)CCCCCCCCCCCCCCCCCC)COP(=O)(O)OCCN. The second-order valence-electron chi connectivity index (χ2n) is 20.9. The third kappa shape index (κ3) is 60.4. The number of phosphoric ester groups is 1. The maximum atomic E-state index is 12.7. The van der Waals surface area contributed by atoms with Crippen molar-refractivity contribution in [3.8, 4) is 0 Å². The van der Waals surface area contributed by atoms with E-state index in [1.165, 1.54) is 173 Å². The van der Waals surface area contributed by atoms with Gasteiger partial charge >= 0.3 is 19.8 Å². The Morgan fingerprint density at radius 3 is 1.08 bits per heavy atom. The number of hydrogen-bond donors (Lipinski definition) is 2. The van der Waals surface area contributed by atoms with Gasteiger partial charge < -0.3 is 20.1 Å². The van der Waals surface area contributed by atoms with Gasteiger partial charge in [0.1, 0.15) is 6.61 Å². The highest BCUT2D eigenvalue weighted by molar-refractivity contribution is 7.47. The molecule has 0 rings (SSSR count). The van der Waals surface area contributed by atoms with Crippen LogP contribution < -0.4 is 5.73 Å². The average molecular weight is 1080 g/mol. The van der Waals surface area contributed by atoms with Crippen molar-refractivity contribution < 1.29 is 37.6 Å². The zero-order valence-electron chi connectivity index (χ0n) is 49.2. The number of carbonyl (C=O) groups is 2. The summed E-state index contributed by atoms with van der Waals surface area (Å²) in [5.41, 5.74) is 5.38. The van der Waals surface area contributed by atoms with Crippen LogP contribution in [0.25, 0.3) is 0 Å². The Morgan fingerprint density at radius 1 is 0.408 bits per heavy atom. The minimum absolute atomic E-state index is 0.0535. The van der Waals surface area contributed by atoms with Gasteiger partial charge in [-0.05, 0) is 70.6 Å². The van der Waals surface area contributed by atoms with Gasteiger partial charge in [0.15, 0.2) is 6.10 Å². The predicted octanol–water partition coefficient (Wildman–Crippen LogP) is 20.2. The lowest BCUT2D eigenvalue weighted by Crippen LogP contribution is -2.29. The topological polar surface area (TPSA) is 134 Å². The number of ether oxygens (including phenoxy) is 2.